The molecule has 0 aliphatic carbocycles. The van der Waals surface area contributed by atoms with Crippen LogP contribution in [0.2, 0.25) is 0 Å². The number of nitrogens with zero attached hydrogens (tertiary/aromatic N) is 6. The Morgan fingerprint density at radius 2 is 1.93 bits per heavy atom. The minimum Gasteiger partial charge on any atom is -0.313 e. The smallest absolute Gasteiger partial charge is 0.313 e. The summed E-state index contributed by atoms with van der Waals surface area (Å²) in [5.74, 6) is -0.136. The molecule has 0 fully saturated rings. The molecule has 0 unspecified atom stereocenters. The van der Waals surface area contributed by atoms with Crippen molar-refractivity contribution in [2.75, 3.05) is 11.1 Å². The highest BCUT2D eigenvalue weighted by molar-refractivity contribution is 7.99. The maximum absolute atomic E-state index is 12.6. The van der Waals surface area contributed by atoms with Crippen molar-refractivity contribution in [1.29, 1.82) is 0 Å². The van der Waals surface area contributed by atoms with Gasteiger partial charge < -0.3 is 4.57 Å². The van der Waals surface area contributed by atoms with E-state index in [0.29, 0.717) is 28.0 Å². The van der Waals surface area contributed by atoms with Crippen LogP contribution in [0.4, 0.5) is 5.13 Å². The van der Waals surface area contributed by atoms with Gasteiger partial charge in [0.1, 0.15) is 5.01 Å². The molecule has 0 aliphatic heterocycles. The molecule has 3 aromatic heterocycles. The van der Waals surface area contributed by atoms with Crippen LogP contribution in [0.25, 0.3) is 11.2 Å². The predicted octanol–water partition coefficient (Wildman–Crippen LogP) is 0.988. The lowest BCUT2D eigenvalue weighted by molar-refractivity contribution is -0.113. The molecule has 10 nitrogen and oxygen atoms in total. The van der Waals surface area contributed by atoms with Crippen molar-refractivity contribution in [2.24, 2.45) is 14.1 Å². The Hall–Kier alpha value is -2.47. The monoisotopic (exact) mass is 423 g/mol. The van der Waals surface area contributed by atoms with E-state index >= 15 is 0 Å². The van der Waals surface area contributed by atoms with Gasteiger partial charge in [-0.1, -0.05) is 36.9 Å². The van der Waals surface area contributed by atoms with Gasteiger partial charge in [0.2, 0.25) is 11.0 Å². The van der Waals surface area contributed by atoms with Crippen LogP contribution in [0.1, 0.15) is 25.3 Å². The number of aromatic nitrogens is 6. The summed E-state index contributed by atoms with van der Waals surface area (Å²) in [7, 11) is 3.02. The lowest BCUT2D eigenvalue weighted by Crippen LogP contribution is -2.37. The van der Waals surface area contributed by atoms with Gasteiger partial charge in [-0.15, -0.1) is 10.2 Å². The molecular weight excluding hydrogens is 402 g/mol. The van der Waals surface area contributed by atoms with Crippen molar-refractivity contribution < 1.29 is 4.79 Å². The quantitative estimate of drug-likeness (QED) is 0.563. The highest BCUT2D eigenvalue weighted by Gasteiger charge is 2.20. The minimum atomic E-state index is -0.434. The summed E-state index contributed by atoms with van der Waals surface area (Å²) in [5.41, 5.74) is -0.139. The molecule has 0 spiro atoms. The maximum Gasteiger partial charge on any atom is 0.332 e. The zero-order valence-corrected chi connectivity index (χ0v) is 17.7. The zero-order valence-electron chi connectivity index (χ0n) is 16.1. The van der Waals surface area contributed by atoms with E-state index < -0.39 is 11.2 Å². The standard InChI is InChI=1S/C16H21N7O3S2/c1-5-7-23-11-12(21(3)16(26)22(4)13(11)25)18-15(23)27-8-9(24)17-14-20-19-10(6-2)28-14/h5-8H2,1-4H3,(H,17,20,24). The third-order valence-electron chi connectivity index (χ3n) is 4.11. The molecule has 0 saturated heterocycles. The number of fused-ring (bicyclic) bond motifs is 1. The molecule has 1 N–H and O–H groups in total. The van der Waals surface area contributed by atoms with Crippen molar-refractivity contribution in [3.8, 4) is 0 Å². The third kappa shape index (κ3) is 3.74. The van der Waals surface area contributed by atoms with Crippen molar-refractivity contribution in [2.45, 2.75) is 38.4 Å². The van der Waals surface area contributed by atoms with Gasteiger partial charge in [0.25, 0.3) is 5.56 Å². The van der Waals surface area contributed by atoms with Crippen LogP contribution in [0.5, 0.6) is 0 Å². The van der Waals surface area contributed by atoms with Gasteiger partial charge in [-0.25, -0.2) is 9.78 Å². The Balaban J connectivity index is 1.88. The molecule has 12 heteroatoms. The van der Waals surface area contributed by atoms with Gasteiger partial charge >= 0.3 is 5.69 Å². The first kappa shape index (κ1) is 20.3. The van der Waals surface area contributed by atoms with Gasteiger partial charge in [-0.2, -0.15) is 0 Å². The molecular formula is C16H21N7O3S2. The van der Waals surface area contributed by atoms with E-state index in [-0.39, 0.29) is 11.7 Å². The Labute approximate surface area is 168 Å². The van der Waals surface area contributed by atoms with E-state index in [1.54, 1.807) is 11.6 Å². The fourth-order valence-corrected chi connectivity index (χ4v) is 4.22. The molecule has 0 radical (unpaired) electrons. The summed E-state index contributed by atoms with van der Waals surface area (Å²) in [4.78, 5) is 41.5. The second-order valence-corrected chi connectivity index (χ2v) is 8.12. The molecule has 0 aromatic carbocycles. The lowest BCUT2D eigenvalue weighted by atomic mass is 10.4. The Morgan fingerprint density at radius 3 is 2.57 bits per heavy atom. The molecule has 3 rings (SSSR count). The number of hydrogen-bond acceptors (Lipinski definition) is 8. The van der Waals surface area contributed by atoms with Gasteiger partial charge in [-0.3, -0.25) is 24.0 Å². The molecule has 1 amide bonds. The first-order chi connectivity index (χ1) is 13.4. The van der Waals surface area contributed by atoms with Gasteiger partial charge in [0.05, 0.1) is 5.75 Å². The summed E-state index contributed by atoms with van der Waals surface area (Å²) in [6.07, 6.45) is 1.54. The van der Waals surface area contributed by atoms with Crippen LogP contribution in [-0.2, 0) is 31.9 Å². The number of amides is 1. The predicted molar refractivity (Wildman–Crippen MR) is 109 cm³/mol. The summed E-state index contributed by atoms with van der Waals surface area (Å²) < 4.78 is 4.19. The summed E-state index contributed by atoms with van der Waals surface area (Å²) in [5, 5.41) is 12.5. The molecule has 150 valence electrons. The minimum absolute atomic E-state index is 0.0995. The fourth-order valence-electron chi connectivity index (χ4n) is 2.70. The van der Waals surface area contributed by atoms with Gasteiger partial charge in [0.15, 0.2) is 16.3 Å². The van der Waals surface area contributed by atoms with Crippen LogP contribution in [0, 0.1) is 0 Å². The lowest BCUT2D eigenvalue weighted by Gasteiger charge is -2.07. The number of nitrogens with one attached hydrogen (secondary N) is 1. The second kappa shape index (κ2) is 8.27. The van der Waals surface area contributed by atoms with E-state index in [1.165, 1.54) is 34.7 Å². The number of thioether (sulfide) groups is 1. The largest absolute Gasteiger partial charge is 0.332 e. The van der Waals surface area contributed by atoms with Crippen LogP contribution in [0.15, 0.2) is 14.7 Å². The van der Waals surface area contributed by atoms with E-state index in [9.17, 15) is 14.4 Å². The SMILES string of the molecule is CCCn1c(SCC(=O)Nc2nnc(CC)s2)nc2c1c(=O)n(C)c(=O)n2C. The first-order valence-electron chi connectivity index (χ1n) is 8.78. The molecule has 0 saturated carbocycles. The number of hydrogen-bond donors (Lipinski definition) is 1. The third-order valence-corrected chi connectivity index (χ3v) is 6.07. The van der Waals surface area contributed by atoms with Crippen LogP contribution in [-0.4, -0.2) is 40.5 Å². The Bertz CT molecular complexity index is 1140. The molecule has 3 heterocycles. The number of aryl methyl sites for hydroxylation is 3. The van der Waals surface area contributed by atoms with Crippen LogP contribution >= 0.6 is 23.1 Å². The number of carbonyl (C=O) groups is 1. The molecule has 0 atom stereocenters. The number of carbonyl (C=O) groups excluding carboxylic acids is 1. The normalized spacial score (nSPS) is 11.3. The van der Waals surface area contributed by atoms with E-state index in [0.717, 1.165) is 22.4 Å². The van der Waals surface area contributed by atoms with E-state index in [1.807, 2.05) is 13.8 Å². The number of imidazole rings is 1. The fraction of sp³-hybridized carbons (Fsp3) is 0.500. The van der Waals surface area contributed by atoms with Crippen molar-refractivity contribution >= 4 is 45.3 Å². The Kier molecular flexibility index (Phi) is 5.98. The number of anilines is 1. The topological polar surface area (TPSA) is 117 Å². The number of rotatable bonds is 7. The first-order valence-corrected chi connectivity index (χ1v) is 10.6. The van der Waals surface area contributed by atoms with E-state index in [2.05, 4.69) is 20.5 Å². The van der Waals surface area contributed by atoms with Crippen LogP contribution < -0.4 is 16.6 Å². The van der Waals surface area contributed by atoms with E-state index in [4.69, 9.17) is 0 Å². The van der Waals surface area contributed by atoms with Gasteiger partial charge in [-0.05, 0) is 12.8 Å². The molecule has 0 aliphatic rings. The summed E-state index contributed by atoms with van der Waals surface area (Å²) >= 11 is 2.55. The zero-order chi connectivity index (χ0) is 20.4. The van der Waals surface area contributed by atoms with Gasteiger partial charge in [0, 0.05) is 20.6 Å². The van der Waals surface area contributed by atoms with Crippen molar-refractivity contribution in [3.05, 3.63) is 25.8 Å². The van der Waals surface area contributed by atoms with Crippen LogP contribution in [0.3, 0.4) is 0 Å². The van der Waals surface area contributed by atoms with Crippen molar-refractivity contribution in [1.82, 2.24) is 28.9 Å². The molecule has 0 bridgehead atoms. The molecule has 3 aromatic rings. The average molecular weight is 424 g/mol. The summed E-state index contributed by atoms with van der Waals surface area (Å²) in [6.45, 7) is 4.52. The van der Waals surface area contributed by atoms with Crippen molar-refractivity contribution in [3.63, 3.8) is 0 Å². The maximum atomic E-state index is 12.6. The second-order valence-electron chi connectivity index (χ2n) is 6.12. The molecule has 28 heavy (non-hydrogen) atoms. The summed E-state index contributed by atoms with van der Waals surface area (Å²) in [6, 6.07) is 0. The highest BCUT2D eigenvalue weighted by Crippen LogP contribution is 2.23. The highest BCUT2D eigenvalue weighted by atomic mass is 32.2. The average Bonchev–Trinajstić information content (AvgIpc) is 3.28. The Morgan fingerprint density at radius 1 is 1.18 bits per heavy atom.